The van der Waals surface area contributed by atoms with E-state index in [9.17, 15) is 4.79 Å². The average Bonchev–Trinajstić information content (AvgIpc) is 2.38. The Balaban J connectivity index is 0.00000324. The molecule has 0 aliphatic carbocycles. The van der Waals surface area contributed by atoms with Gasteiger partial charge in [0, 0.05) is 26.2 Å². The van der Waals surface area contributed by atoms with Gasteiger partial charge in [-0.1, -0.05) is 36.4 Å². The maximum Gasteiger partial charge on any atom is 0.234 e. The van der Waals surface area contributed by atoms with Crippen molar-refractivity contribution in [1.29, 1.82) is 0 Å². The van der Waals surface area contributed by atoms with E-state index in [0.29, 0.717) is 26.2 Å². The largest absolute Gasteiger partial charge is 0.352 e. The predicted octanol–water partition coefficient (Wildman–Crippen LogP) is 1.17. The first kappa shape index (κ1) is 17.6. The van der Waals surface area contributed by atoms with E-state index in [1.807, 2.05) is 35.2 Å². The number of carbonyl (C=O) groups is 1. The van der Waals surface area contributed by atoms with Gasteiger partial charge in [-0.15, -0.1) is 19.0 Å². The van der Waals surface area contributed by atoms with Crippen LogP contribution in [0.4, 0.5) is 0 Å². The van der Waals surface area contributed by atoms with Gasteiger partial charge in [0.25, 0.3) is 0 Å². The van der Waals surface area contributed by atoms with Crippen LogP contribution in [0.1, 0.15) is 5.56 Å². The van der Waals surface area contributed by atoms with Crippen molar-refractivity contribution in [3.8, 4) is 0 Å². The number of hydrogen-bond acceptors (Lipinski definition) is 3. The fourth-order valence-corrected chi connectivity index (χ4v) is 1.68. The van der Waals surface area contributed by atoms with Gasteiger partial charge in [0.1, 0.15) is 0 Å². The Morgan fingerprint density at radius 3 is 2.63 bits per heavy atom. The van der Waals surface area contributed by atoms with Crippen molar-refractivity contribution < 1.29 is 4.79 Å². The summed E-state index contributed by atoms with van der Waals surface area (Å²) in [6.07, 6.45) is 1.67. The summed E-state index contributed by atoms with van der Waals surface area (Å²) in [6, 6.07) is 10.1. The molecule has 0 heterocycles. The van der Waals surface area contributed by atoms with Gasteiger partial charge in [-0.25, -0.2) is 0 Å². The summed E-state index contributed by atoms with van der Waals surface area (Å²) in [5.74, 6) is -0.000666. The van der Waals surface area contributed by atoms with Crippen LogP contribution in [0.25, 0.3) is 0 Å². The fourth-order valence-electron chi connectivity index (χ4n) is 1.68. The molecule has 0 saturated heterocycles. The van der Waals surface area contributed by atoms with Gasteiger partial charge in [0.15, 0.2) is 0 Å². The molecule has 0 fully saturated rings. The molecule has 1 amide bonds. The highest BCUT2D eigenvalue weighted by Gasteiger charge is 2.09. The number of nitrogens with one attached hydrogen (secondary N) is 1. The van der Waals surface area contributed by atoms with Crippen molar-refractivity contribution >= 4 is 18.3 Å². The average molecular weight is 284 g/mol. The van der Waals surface area contributed by atoms with Crippen LogP contribution in [-0.2, 0) is 11.3 Å². The molecule has 1 rings (SSSR count). The van der Waals surface area contributed by atoms with Crippen LogP contribution in [0.3, 0.4) is 0 Å². The summed E-state index contributed by atoms with van der Waals surface area (Å²) in [7, 11) is 0. The van der Waals surface area contributed by atoms with E-state index in [2.05, 4.69) is 11.9 Å². The summed E-state index contributed by atoms with van der Waals surface area (Å²) in [4.78, 5) is 13.7. The molecular weight excluding hydrogens is 262 g/mol. The Bertz CT molecular complexity index is 370. The van der Waals surface area contributed by atoms with Gasteiger partial charge < -0.3 is 11.1 Å². The van der Waals surface area contributed by atoms with Crippen molar-refractivity contribution in [2.45, 2.75) is 6.54 Å². The predicted molar refractivity (Wildman–Crippen MR) is 81.2 cm³/mol. The van der Waals surface area contributed by atoms with E-state index in [1.165, 1.54) is 5.56 Å². The van der Waals surface area contributed by atoms with E-state index in [-0.39, 0.29) is 18.3 Å². The van der Waals surface area contributed by atoms with E-state index >= 15 is 0 Å². The van der Waals surface area contributed by atoms with Crippen LogP contribution < -0.4 is 11.1 Å². The number of nitrogens with two attached hydrogens (primary N) is 1. The molecule has 106 valence electrons. The summed E-state index contributed by atoms with van der Waals surface area (Å²) in [6.45, 7) is 6.41. The van der Waals surface area contributed by atoms with Crippen LogP contribution in [0, 0.1) is 0 Å². The fraction of sp³-hybridized carbons (Fsp3) is 0.357. The molecule has 0 aliphatic heterocycles. The van der Waals surface area contributed by atoms with E-state index < -0.39 is 0 Å². The Kier molecular flexibility index (Phi) is 9.80. The molecule has 1 aromatic rings. The monoisotopic (exact) mass is 283 g/mol. The Morgan fingerprint density at radius 1 is 1.37 bits per heavy atom. The second-order valence-corrected chi connectivity index (χ2v) is 4.08. The van der Waals surface area contributed by atoms with Crippen LogP contribution in [0.2, 0.25) is 0 Å². The maximum atomic E-state index is 11.6. The summed E-state index contributed by atoms with van der Waals surface area (Å²) < 4.78 is 0. The molecule has 0 unspecified atom stereocenters. The number of amides is 1. The van der Waals surface area contributed by atoms with Crippen molar-refractivity contribution in [1.82, 2.24) is 10.2 Å². The Morgan fingerprint density at radius 2 is 2.05 bits per heavy atom. The second kappa shape index (κ2) is 10.6. The number of hydrogen-bond donors (Lipinski definition) is 2. The molecular formula is C14H22ClN3O. The first-order valence-electron chi connectivity index (χ1n) is 6.10. The maximum absolute atomic E-state index is 11.6. The van der Waals surface area contributed by atoms with Crippen LogP contribution in [-0.4, -0.2) is 37.0 Å². The van der Waals surface area contributed by atoms with Gasteiger partial charge >= 0.3 is 0 Å². The van der Waals surface area contributed by atoms with Gasteiger partial charge in [0.05, 0.1) is 6.54 Å². The number of carbonyl (C=O) groups excluding carboxylic acids is 1. The highest BCUT2D eigenvalue weighted by Crippen LogP contribution is 2.03. The van der Waals surface area contributed by atoms with Crippen molar-refractivity contribution in [3.63, 3.8) is 0 Å². The topological polar surface area (TPSA) is 58.4 Å². The standard InChI is InChI=1S/C14H21N3O.ClH/c1-2-9-16-14(18)12-17(10-8-15)11-13-6-4-3-5-7-13;/h2-7H,1,8-12,15H2,(H,16,18);1H. The lowest BCUT2D eigenvalue weighted by atomic mass is 10.2. The third-order valence-electron chi connectivity index (χ3n) is 2.51. The van der Waals surface area contributed by atoms with Crippen LogP contribution in [0.5, 0.6) is 0 Å². The lowest BCUT2D eigenvalue weighted by Gasteiger charge is -2.20. The van der Waals surface area contributed by atoms with Crippen LogP contribution in [0.15, 0.2) is 43.0 Å². The second-order valence-electron chi connectivity index (χ2n) is 4.08. The van der Waals surface area contributed by atoms with Gasteiger partial charge in [-0.3, -0.25) is 9.69 Å². The molecule has 19 heavy (non-hydrogen) atoms. The third-order valence-corrected chi connectivity index (χ3v) is 2.51. The zero-order chi connectivity index (χ0) is 13.2. The lowest BCUT2D eigenvalue weighted by molar-refractivity contribution is -0.122. The quantitative estimate of drug-likeness (QED) is 0.704. The minimum Gasteiger partial charge on any atom is -0.352 e. The molecule has 3 N–H and O–H groups in total. The molecule has 4 nitrogen and oxygen atoms in total. The SMILES string of the molecule is C=CCNC(=O)CN(CCN)Cc1ccccc1.Cl. The summed E-state index contributed by atoms with van der Waals surface area (Å²) in [5, 5.41) is 2.77. The first-order valence-corrected chi connectivity index (χ1v) is 6.10. The molecule has 1 aromatic carbocycles. The molecule has 0 spiro atoms. The zero-order valence-electron chi connectivity index (χ0n) is 11.0. The van der Waals surface area contributed by atoms with Crippen LogP contribution >= 0.6 is 12.4 Å². The summed E-state index contributed by atoms with van der Waals surface area (Å²) >= 11 is 0. The number of halogens is 1. The molecule has 0 atom stereocenters. The van der Waals surface area contributed by atoms with Crippen molar-refractivity contribution in [2.24, 2.45) is 5.73 Å². The molecule has 0 saturated carbocycles. The first-order chi connectivity index (χ1) is 8.76. The number of benzene rings is 1. The van der Waals surface area contributed by atoms with Crippen molar-refractivity contribution in [2.75, 3.05) is 26.2 Å². The molecule has 5 heteroatoms. The smallest absolute Gasteiger partial charge is 0.234 e. The lowest BCUT2D eigenvalue weighted by Crippen LogP contribution is -2.39. The van der Waals surface area contributed by atoms with Gasteiger partial charge in [-0.2, -0.15) is 0 Å². The van der Waals surface area contributed by atoms with Crippen molar-refractivity contribution in [3.05, 3.63) is 48.6 Å². The molecule has 0 bridgehead atoms. The molecule has 0 aliphatic rings. The summed E-state index contributed by atoms with van der Waals surface area (Å²) in [5.41, 5.74) is 6.75. The third kappa shape index (κ3) is 7.62. The highest BCUT2D eigenvalue weighted by molar-refractivity contribution is 5.85. The number of rotatable bonds is 8. The Hall–Kier alpha value is -1.36. The van der Waals surface area contributed by atoms with E-state index in [1.54, 1.807) is 6.08 Å². The van der Waals surface area contributed by atoms with Gasteiger partial charge in [-0.05, 0) is 5.56 Å². The molecule has 0 radical (unpaired) electrons. The highest BCUT2D eigenvalue weighted by atomic mass is 35.5. The van der Waals surface area contributed by atoms with Gasteiger partial charge in [0.2, 0.25) is 5.91 Å². The van der Waals surface area contributed by atoms with E-state index in [4.69, 9.17) is 5.73 Å². The zero-order valence-corrected chi connectivity index (χ0v) is 11.9. The van der Waals surface area contributed by atoms with E-state index in [0.717, 1.165) is 6.54 Å². The minimum atomic E-state index is -0.000666. The Labute approximate surface area is 121 Å². The normalized spacial score (nSPS) is 9.79. The number of nitrogens with zero attached hydrogens (tertiary/aromatic N) is 1. The minimum absolute atomic E-state index is 0. The molecule has 0 aromatic heterocycles.